The summed E-state index contributed by atoms with van der Waals surface area (Å²) < 4.78 is 21.6. The molecule has 0 unspecified atom stereocenters. The predicted octanol–water partition coefficient (Wildman–Crippen LogP) is 4.92. The van der Waals surface area contributed by atoms with Crippen molar-refractivity contribution in [3.63, 3.8) is 0 Å². The number of nitrogens with one attached hydrogen (secondary N) is 1. The van der Waals surface area contributed by atoms with Crippen molar-refractivity contribution in [3.8, 4) is 5.75 Å². The fourth-order valence-electron chi connectivity index (χ4n) is 3.07. The van der Waals surface area contributed by atoms with E-state index in [-0.39, 0.29) is 18.3 Å². The van der Waals surface area contributed by atoms with Gasteiger partial charge in [-0.1, -0.05) is 24.3 Å². The largest absolute Gasteiger partial charge is 0.486 e. The van der Waals surface area contributed by atoms with Gasteiger partial charge in [-0.3, -0.25) is 4.79 Å². The minimum atomic E-state index is -0.366. The molecule has 5 nitrogen and oxygen atoms in total. The molecular weight excluding hydrogens is 369 g/mol. The van der Waals surface area contributed by atoms with Crippen molar-refractivity contribution in [2.24, 2.45) is 0 Å². The average molecular weight is 389 g/mol. The lowest BCUT2D eigenvalue weighted by Crippen LogP contribution is -2.14. The van der Waals surface area contributed by atoms with E-state index in [4.69, 9.17) is 4.74 Å². The Balaban J connectivity index is 1.52. The molecule has 146 valence electrons. The molecule has 4 aromatic rings. The summed E-state index contributed by atoms with van der Waals surface area (Å²) in [5, 5.41) is 2.72. The van der Waals surface area contributed by atoms with E-state index in [1.807, 2.05) is 35.9 Å². The Morgan fingerprint density at radius 3 is 2.72 bits per heavy atom. The van der Waals surface area contributed by atoms with Crippen molar-refractivity contribution in [1.29, 1.82) is 0 Å². The van der Waals surface area contributed by atoms with Crippen molar-refractivity contribution < 1.29 is 13.9 Å². The maximum absolute atomic E-state index is 13.8. The lowest BCUT2D eigenvalue weighted by Gasteiger charge is -2.11. The van der Waals surface area contributed by atoms with Gasteiger partial charge in [0.15, 0.2) is 0 Å². The van der Waals surface area contributed by atoms with Crippen LogP contribution in [-0.2, 0) is 6.61 Å². The molecule has 0 fully saturated rings. The molecule has 1 amide bonds. The van der Waals surface area contributed by atoms with Crippen LogP contribution >= 0.6 is 0 Å². The Morgan fingerprint density at radius 1 is 1.10 bits per heavy atom. The summed E-state index contributed by atoms with van der Waals surface area (Å²) in [6.07, 6.45) is 3.83. The summed E-state index contributed by atoms with van der Waals surface area (Å²) in [5.74, 6) is -0.296. The van der Waals surface area contributed by atoms with Crippen LogP contribution < -0.4 is 10.1 Å². The fraction of sp³-hybridized carbons (Fsp3) is 0.130. The van der Waals surface area contributed by atoms with Gasteiger partial charge < -0.3 is 14.5 Å². The van der Waals surface area contributed by atoms with E-state index < -0.39 is 0 Å². The molecule has 0 aliphatic rings. The first-order valence-electron chi connectivity index (χ1n) is 9.24. The normalized spacial score (nSPS) is 10.9. The van der Waals surface area contributed by atoms with Crippen LogP contribution in [0.1, 0.15) is 27.2 Å². The number of amides is 1. The Hall–Kier alpha value is -3.67. The third-order valence-corrected chi connectivity index (χ3v) is 4.66. The number of benzene rings is 2. The van der Waals surface area contributed by atoms with Gasteiger partial charge in [0.25, 0.3) is 5.91 Å². The lowest BCUT2D eigenvalue weighted by atomic mass is 10.1. The molecule has 4 rings (SSSR count). The number of anilines is 1. The zero-order chi connectivity index (χ0) is 20.4. The SMILES string of the molecule is Cc1ccc(NC(=O)c2ccccc2OCc2cn3cccc(C)c3n2)cc1F. The van der Waals surface area contributed by atoms with Crippen LogP contribution in [0, 0.1) is 19.7 Å². The number of hydrogen-bond acceptors (Lipinski definition) is 3. The van der Waals surface area contributed by atoms with Crippen molar-refractivity contribution in [3.05, 3.63) is 95.2 Å². The van der Waals surface area contributed by atoms with Gasteiger partial charge in [-0.2, -0.15) is 0 Å². The summed E-state index contributed by atoms with van der Waals surface area (Å²) in [7, 11) is 0. The Kier molecular flexibility index (Phi) is 4.99. The quantitative estimate of drug-likeness (QED) is 0.527. The number of carbonyl (C=O) groups excluding carboxylic acids is 1. The van der Waals surface area contributed by atoms with E-state index in [1.54, 1.807) is 43.3 Å². The second kappa shape index (κ2) is 7.75. The molecule has 0 spiro atoms. The van der Waals surface area contributed by atoms with E-state index >= 15 is 0 Å². The maximum atomic E-state index is 13.8. The van der Waals surface area contributed by atoms with Gasteiger partial charge in [-0.15, -0.1) is 0 Å². The van der Waals surface area contributed by atoms with Gasteiger partial charge in [0.05, 0.1) is 11.3 Å². The molecule has 2 aromatic heterocycles. The number of rotatable bonds is 5. The molecule has 1 N–H and O–H groups in total. The molecular formula is C23H20FN3O2. The zero-order valence-corrected chi connectivity index (χ0v) is 16.1. The highest BCUT2D eigenvalue weighted by Gasteiger charge is 2.14. The third-order valence-electron chi connectivity index (χ3n) is 4.66. The van der Waals surface area contributed by atoms with Crippen LogP contribution in [0.3, 0.4) is 0 Å². The van der Waals surface area contributed by atoms with Crippen molar-refractivity contribution in [2.75, 3.05) is 5.32 Å². The number of imidazole rings is 1. The highest BCUT2D eigenvalue weighted by molar-refractivity contribution is 6.06. The van der Waals surface area contributed by atoms with Crippen molar-refractivity contribution >= 4 is 17.2 Å². The summed E-state index contributed by atoms with van der Waals surface area (Å²) in [6.45, 7) is 3.90. The number of fused-ring (bicyclic) bond motifs is 1. The number of nitrogens with zero attached hydrogens (tertiary/aromatic N) is 2. The molecule has 0 aliphatic heterocycles. The monoisotopic (exact) mass is 389 g/mol. The maximum Gasteiger partial charge on any atom is 0.259 e. The van der Waals surface area contributed by atoms with E-state index in [2.05, 4.69) is 10.3 Å². The van der Waals surface area contributed by atoms with Crippen LogP contribution in [0.5, 0.6) is 5.75 Å². The Labute approximate surface area is 167 Å². The number of hydrogen-bond donors (Lipinski definition) is 1. The average Bonchev–Trinajstić information content (AvgIpc) is 3.14. The number of para-hydroxylation sites is 1. The first-order chi connectivity index (χ1) is 14.0. The summed E-state index contributed by atoms with van der Waals surface area (Å²) in [6, 6.07) is 15.5. The van der Waals surface area contributed by atoms with Gasteiger partial charge in [0.1, 0.15) is 23.8 Å². The summed E-state index contributed by atoms with van der Waals surface area (Å²) in [5.41, 5.74) is 3.99. The topological polar surface area (TPSA) is 55.6 Å². The fourth-order valence-corrected chi connectivity index (χ4v) is 3.07. The molecule has 0 saturated carbocycles. The number of pyridine rings is 1. The first-order valence-corrected chi connectivity index (χ1v) is 9.24. The number of aryl methyl sites for hydroxylation is 2. The van der Waals surface area contributed by atoms with E-state index in [0.717, 1.165) is 16.9 Å². The van der Waals surface area contributed by atoms with E-state index in [0.29, 0.717) is 22.6 Å². The van der Waals surface area contributed by atoms with Crippen LogP contribution in [0.4, 0.5) is 10.1 Å². The highest BCUT2D eigenvalue weighted by Crippen LogP contribution is 2.22. The van der Waals surface area contributed by atoms with Crippen LogP contribution in [-0.4, -0.2) is 15.3 Å². The van der Waals surface area contributed by atoms with Gasteiger partial charge in [-0.25, -0.2) is 9.37 Å². The Morgan fingerprint density at radius 2 is 1.93 bits per heavy atom. The van der Waals surface area contributed by atoms with Gasteiger partial charge in [-0.05, 0) is 55.3 Å². The number of halogens is 1. The molecule has 2 heterocycles. The number of aromatic nitrogens is 2. The standard InChI is InChI=1S/C23H20FN3O2/c1-15-9-10-17(12-20(15)24)26-23(28)19-7-3-4-8-21(19)29-14-18-13-27-11-5-6-16(2)22(27)25-18/h3-13H,14H2,1-2H3,(H,26,28). The third kappa shape index (κ3) is 3.96. The Bertz CT molecular complexity index is 1200. The summed E-state index contributed by atoms with van der Waals surface area (Å²) in [4.78, 5) is 17.3. The van der Waals surface area contributed by atoms with Gasteiger partial charge in [0, 0.05) is 18.1 Å². The van der Waals surface area contributed by atoms with Crippen molar-refractivity contribution in [1.82, 2.24) is 9.38 Å². The molecule has 0 saturated heterocycles. The van der Waals surface area contributed by atoms with Crippen LogP contribution in [0.25, 0.3) is 5.65 Å². The smallest absolute Gasteiger partial charge is 0.259 e. The van der Waals surface area contributed by atoms with Gasteiger partial charge in [0.2, 0.25) is 0 Å². The molecule has 0 bridgehead atoms. The van der Waals surface area contributed by atoms with Gasteiger partial charge >= 0.3 is 0 Å². The predicted molar refractivity (Wildman–Crippen MR) is 110 cm³/mol. The number of ether oxygens (including phenoxy) is 1. The first kappa shape index (κ1) is 18.7. The molecule has 0 atom stereocenters. The second-order valence-electron chi connectivity index (χ2n) is 6.86. The minimum Gasteiger partial charge on any atom is -0.486 e. The molecule has 0 aliphatic carbocycles. The lowest BCUT2D eigenvalue weighted by molar-refractivity contribution is 0.102. The van der Waals surface area contributed by atoms with E-state index in [9.17, 15) is 9.18 Å². The molecule has 6 heteroatoms. The molecule has 0 radical (unpaired) electrons. The van der Waals surface area contributed by atoms with Crippen LogP contribution in [0.15, 0.2) is 67.0 Å². The molecule has 29 heavy (non-hydrogen) atoms. The number of carbonyl (C=O) groups is 1. The van der Waals surface area contributed by atoms with Crippen molar-refractivity contribution in [2.45, 2.75) is 20.5 Å². The van der Waals surface area contributed by atoms with E-state index in [1.165, 1.54) is 6.07 Å². The minimum absolute atomic E-state index is 0.227. The molecule has 2 aromatic carbocycles. The van der Waals surface area contributed by atoms with Crippen LogP contribution in [0.2, 0.25) is 0 Å². The second-order valence-corrected chi connectivity index (χ2v) is 6.86. The zero-order valence-electron chi connectivity index (χ0n) is 16.1. The highest BCUT2D eigenvalue weighted by atomic mass is 19.1. The summed E-state index contributed by atoms with van der Waals surface area (Å²) >= 11 is 0.